The molecule has 6 heteroatoms. The summed E-state index contributed by atoms with van der Waals surface area (Å²) < 4.78 is 27.5. The molecule has 146 valence electrons. The van der Waals surface area contributed by atoms with Crippen molar-refractivity contribution in [2.75, 3.05) is 19.6 Å². The van der Waals surface area contributed by atoms with Gasteiger partial charge in [0.25, 0.3) is 0 Å². The summed E-state index contributed by atoms with van der Waals surface area (Å²) >= 11 is 0. The summed E-state index contributed by atoms with van der Waals surface area (Å²) in [7, 11) is -3.57. The van der Waals surface area contributed by atoms with Crippen LogP contribution in [0.1, 0.15) is 30.0 Å². The molecule has 2 rings (SSSR count). The topological polar surface area (TPSA) is 66.5 Å². The second kappa shape index (κ2) is 9.67. The Balaban J connectivity index is 1.86. The minimum atomic E-state index is -3.57. The van der Waals surface area contributed by atoms with Gasteiger partial charge in [0.05, 0.1) is 4.90 Å². The summed E-state index contributed by atoms with van der Waals surface area (Å²) in [5.74, 6) is -0.0477. The molecule has 0 bridgehead atoms. The summed E-state index contributed by atoms with van der Waals surface area (Å²) in [6.07, 6.45) is 1.73. The number of benzene rings is 2. The van der Waals surface area contributed by atoms with E-state index in [2.05, 4.69) is 16.9 Å². The average molecular weight is 389 g/mol. The number of hydrogen-bond acceptors (Lipinski definition) is 3. The van der Waals surface area contributed by atoms with E-state index in [0.717, 1.165) is 24.0 Å². The van der Waals surface area contributed by atoms with Crippen molar-refractivity contribution in [3.63, 3.8) is 0 Å². The molecule has 0 atom stereocenters. The van der Waals surface area contributed by atoms with Gasteiger partial charge in [-0.05, 0) is 55.5 Å². The average Bonchev–Trinajstić information content (AvgIpc) is 2.63. The minimum Gasteiger partial charge on any atom is -0.342 e. The fourth-order valence-corrected chi connectivity index (χ4v) is 3.93. The summed E-state index contributed by atoms with van der Waals surface area (Å²) in [6.45, 7) is 6.50. The Hall–Kier alpha value is -2.18. The fourth-order valence-electron chi connectivity index (χ4n) is 2.82. The van der Waals surface area contributed by atoms with Crippen molar-refractivity contribution in [3.8, 4) is 0 Å². The predicted molar refractivity (Wildman–Crippen MR) is 108 cm³/mol. The van der Waals surface area contributed by atoms with Gasteiger partial charge in [-0.1, -0.05) is 36.4 Å². The van der Waals surface area contributed by atoms with Gasteiger partial charge in [-0.25, -0.2) is 13.1 Å². The number of sulfonamides is 1. The molecule has 1 N–H and O–H groups in total. The number of amides is 1. The van der Waals surface area contributed by atoms with Gasteiger partial charge in [0.2, 0.25) is 15.9 Å². The molecule has 0 saturated carbocycles. The molecule has 2 aromatic carbocycles. The van der Waals surface area contributed by atoms with Crippen LogP contribution in [-0.4, -0.2) is 38.9 Å². The first-order chi connectivity index (χ1) is 12.8. The Bertz CT molecular complexity index is 864. The monoisotopic (exact) mass is 388 g/mol. The SMILES string of the molecule is CC(=O)N(CCCc1ccccc1)CCNS(=O)(=O)c1ccc(C)c(C)c1. The van der Waals surface area contributed by atoms with Crippen molar-refractivity contribution in [2.24, 2.45) is 0 Å². The van der Waals surface area contributed by atoms with Crippen LogP contribution in [0.5, 0.6) is 0 Å². The number of nitrogens with one attached hydrogen (secondary N) is 1. The van der Waals surface area contributed by atoms with Crippen molar-refractivity contribution >= 4 is 15.9 Å². The van der Waals surface area contributed by atoms with E-state index in [0.29, 0.717) is 13.1 Å². The van der Waals surface area contributed by atoms with Crippen LogP contribution in [0, 0.1) is 13.8 Å². The van der Waals surface area contributed by atoms with Gasteiger partial charge in [-0.2, -0.15) is 0 Å². The Labute approximate surface area is 162 Å². The molecular formula is C21H28N2O3S. The molecule has 0 aliphatic rings. The second-order valence-corrected chi connectivity index (χ2v) is 8.51. The van der Waals surface area contributed by atoms with E-state index in [1.165, 1.54) is 12.5 Å². The zero-order valence-corrected chi connectivity index (χ0v) is 17.1. The van der Waals surface area contributed by atoms with E-state index in [4.69, 9.17) is 0 Å². The van der Waals surface area contributed by atoms with Crippen molar-refractivity contribution < 1.29 is 13.2 Å². The molecule has 1 amide bonds. The zero-order valence-electron chi connectivity index (χ0n) is 16.2. The molecule has 0 unspecified atom stereocenters. The molecule has 0 fully saturated rings. The van der Waals surface area contributed by atoms with Crippen LogP contribution in [0.2, 0.25) is 0 Å². The van der Waals surface area contributed by atoms with Crippen molar-refractivity contribution in [2.45, 2.75) is 38.5 Å². The summed E-state index contributed by atoms with van der Waals surface area (Å²) in [4.78, 5) is 13.8. The van der Waals surface area contributed by atoms with Crippen LogP contribution in [-0.2, 0) is 21.2 Å². The van der Waals surface area contributed by atoms with Gasteiger partial charge in [0, 0.05) is 26.6 Å². The lowest BCUT2D eigenvalue weighted by Crippen LogP contribution is -2.38. The highest BCUT2D eigenvalue weighted by Gasteiger charge is 2.15. The lowest BCUT2D eigenvalue weighted by atomic mass is 10.1. The third kappa shape index (κ3) is 6.48. The van der Waals surface area contributed by atoms with Crippen LogP contribution in [0.25, 0.3) is 0 Å². The van der Waals surface area contributed by atoms with Crippen LogP contribution in [0.3, 0.4) is 0 Å². The van der Waals surface area contributed by atoms with Crippen molar-refractivity contribution in [1.29, 1.82) is 0 Å². The van der Waals surface area contributed by atoms with Gasteiger partial charge < -0.3 is 4.90 Å². The molecule has 0 aliphatic heterocycles. The molecule has 0 heterocycles. The summed E-state index contributed by atoms with van der Waals surface area (Å²) in [6, 6.07) is 15.2. The Kier molecular flexibility index (Phi) is 7.56. The van der Waals surface area contributed by atoms with Crippen LogP contribution in [0.4, 0.5) is 0 Å². The number of hydrogen-bond donors (Lipinski definition) is 1. The number of rotatable bonds is 9. The number of carbonyl (C=O) groups excluding carboxylic acids is 1. The van der Waals surface area contributed by atoms with Crippen molar-refractivity contribution in [3.05, 3.63) is 65.2 Å². The highest BCUT2D eigenvalue weighted by atomic mass is 32.2. The van der Waals surface area contributed by atoms with Crippen molar-refractivity contribution in [1.82, 2.24) is 9.62 Å². The van der Waals surface area contributed by atoms with E-state index in [1.807, 2.05) is 32.0 Å². The van der Waals surface area contributed by atoms with Gasteiger partial charge in [-0.3, -0.25) is 4.79 Å². The molecule has 5 nitrogen and oxygen atoms in total. The first-order valence-corrected chi connectivity index (χ1v) is 10.6. The van der Waals surface area contributed by atoms with E-state index in [9.17, 15) is 13.2 Å². The number of carbonyl (C=O) groups is 1. The third-order valence-corrected chi connectivity index (χ3v) is 6.10. The molecular weight excluding hydrogens is 360 g/mol. The molecule has 0 radical (unpaired) electrons. The van der Waals surface area contributed by atoms with E-state index < -0.39 is 10.0 Å². The first-order valence-electron chi connectivity index (χ1n) is 9.16. The molecule has 0 aliphatic carbocycles. The highest BCUT2D eigenvalue weighted by Crippen LogP contribution is 2.14. The zero-order chi connectivity index (χ0) is 19.9. The van der Waals surface area contributed by atoms with Gasteiger partial charge in [0.1, 0.15) is 0 Å². The lowest BCUT2D eigenvalue weighted by molar-refractivity contribution is -0.128. The second-order valence-electron chi connectivity index (χ2n) is 6.74. The Morgan fingerprint density at radius 3 is 2.33 bits per heavy atom. The van der Waals surface area contributed by atoms with Crippen LogP contribution < -0.4 is 4.72 Å². The standard InChI is InChI=1S/C21H28N2O3S/c1-17-11-12-21(16-18(17)2)27(25,26)22-13-15-23(19(3)24)14-7-10-20-8-5-4-6-9-20/h4-6,8-9,11-12,16,22H,7,10,13-15H2,1-3H3. The molecule has 0 saturated heterocycles. The highest BCUT2D eigenvalue weighted by molar-refractivity contribution is 7.89. The third-order valence-electron chi connectivity index (χ3n) is 4.64. The molecule has 0 aromatic heterocycles. The van der Waals surface area contributed by atoms with Gasteiger partial charge >= 0.3 is 0 Å². The largest absolute Gasteiger partial charge is 0.342 e. The Morgan fingerprint density at radius 2 is 1.70 bits per heavy atom. The predicted octanol–water partition coefficient (Wildman–Crippen LogP) is 3.06. The number of aryl methyl sites for hydroxylation is 3. The van der Waals surface area contributed by atoms with Crippen LogP contribution >= 0.6 is 0 Å². The maximum atomic E-state index is 12.4. The van der Waals surface area contributed by atoms with Gasteiger partial charge in [0.15, 0.2) is 0 Å². The molecule has 27 heavy (non-hydrogen) atoms. The lowest BCUT2D eigenvalue weighted by Gasteiger charge is -2.21. The van der Waals surface area contributed by atoms with E-state index in [-0.39, 0.29) is 17.3 Å². The van der Waals surface area contributed by atoms with Crippen LogP contribution in [0.15, 0.2) is 53.4 Å². The van der Waals surface area contributed by atoms with E-state index in [1.54, 1.807) is 23.1 Å². The minimum absolute atomic E-state index is 0.0477. The first kappa shape index (κ1) is 21.1. The number of nitrogens with zero attached hydrogens (tertiary/aromatic N) is 1. The maximum absolute atomic E-state index is 12.4. The maximum Gasteiger partial charge on any atom is 0.240 e. The quantitative estimate of drug-likeness (QED) is 0.718. The summed E-state index contributed by atoms with van der Waals surface area (Å²) in [5, 5.41) is 0. The van der Waals surface area contributed by atoms with E-state index >= 15 is 0 Å². The smallest absolute Gasteiger partial charge is 0.240 e. The molecule has 0 spiro atoms. The van der Waals surface area contributed by atoms with Gasteiger partial charge in [-0.15, -0.1) is 0 Å². The normalized spacial score (nSPS) is 11.4. The fraction of sp³-hybridized carbons (Fsp3) is 0.381. The Morgan fingerprint density at radius 1 is 1.00 bits per heavy atom. The molecule has 2 aromatic rings. The summed E-state index contributed by atoms with van der Waals surface area (Å²) in [5.41, 5.74) is 3.22.